The van der Waals surface area contributed by atoms with Crippen LogP contribution in [0.4, 0.5) is 45.5 Å². The summed E-state index contributed by atoms with van der Waals surface area (Å²) in [7, 11) is 0. The molecule has 0 N–H and O–H groups in total. The summed E-state index contributed by atoms with van der Waals surface area (Å²) in [5.41, 5.74) is 30.7. The Morgan fingerprint density at radius 1 is 0.412 bits per heavy atom. The van der Waals surface area contributed by atoms with Crippen LogP contribution in [0, 0.1) is 6.92 Å². The van der Waals surface area contributed by atoms with Gasteiger partial charge in [0.1, 0.15) is 0 Å². The molecule has 8 aromatic carbocycles. The zero-order valence-corrected chi connectivity index (χ0v) is 50.6. The van der Waals surface area contributed by atoms with E-state index in [0.717, 1.165) is 19.3 Å². The Morgan fingerprint density at radius 2 is 1.01 bits per heavy atom. The first kappa shape index (κ1) is 51.4. The van der Waals surface area contributed by atoms with Gasteiger partial charge in [-0.05, 0) is 199 Å². The molecule has 4 heteroatoms. The van der Waals surface area contributed by atoms with Crippen LogP contribution < -0.4 is 31.1 Å². The molecule has 0 bridgehead atoms. The smallest absolute Gasteiger partial charge is 0.252 e. The standard InChI is InChI=1S/C76H82BN3/c1-47-39-67-69-68(40-47)79(63-33-27-49(70(2,3)4)41-54(63)48-23-17-16-18-24-48)66-46-59-58(72(8,9)37-38-73(59,10)11)45-62(66)77(69)61-32-30-52(80-64-34-28-50(71(5,6)7)42-60(64)75(14)35-21-22-36-76(75,80)15)44-65(61)78(67)51-29-31-57-55(43-51)53-25-19-20-26-56(53)74(57,12)13/h16-20,23-34,39-46H,21-22,35-38H2,1-15H3. The molecule has 8 aromatic rings. The van der Waals surface area contributed by atoms with Crippen LogP contribution in [0.15, 0.2) is 152 Å². The number of benzene rings is 8. The lowest BCUT2D eigenvalue weighted by atomic mass is 9.33. The summed E-state index contributed by atoms with van der Waals surface area (Å²) in [6, 6.07) is 60.8. The van der Waals surface area contributed by atoms with Gasteiger partial charge in [0.25, 0.3) is 6.71 Å². The van der Waals surface area contributed by atoms with Gasteiger partial charge in [-0.2, -0.15) is 0 Å². The first-order valence-electron chi connectivity index (χ1n) is 30.3. The highest BCUT2D eigenvalue weighted by Crippen LogP contribution is 2.62. The van der Waals surface area contributed by atoms with Gasteiger partial charge in [0.15, 0.2) is 0 Å². The van der Waals surface area contributed by atoms with E-state index in [2.05, 4.69) is 270 Å². The molecule has 404 valence electrons. The third-order valence-corrected chi connectivity index (χ3v) is 21.4. The van der Waals surface area contributed by atoms with Gasteiger partial charge in [0, 0.05) is 56.2 Å². The van der Waals surface area contributed by atoms with Crippen molar-refractivity contribution in [2.45, 2.75) is 180 Å². The molecule has 80 heavy (non-hydrogen) atoms. The number of rotatable bonds is 4. The SMILES string of the molecule is Cc1cc2c3c(c1)N(c1ccc(C(C)(C)C)cc1-c1ccccc1)c1cc4c(cc1B3c1ccc(N3c5ccc(C(C)(C)C)cc5C5(C)CCCCC35C)cc1N2c1ccc2c(c1)-c1ccccc1C2(C)C)C(C)(C)CCC4(C)C. The van der Waals surface area contributed by atoms with Crippen LogP contribution in [0.25, 0.3) is 22.3 Å². The molecule has 3 aliphatic heterocycles. The van der Waals surface area contributed by atoms with Crippen molar-refractivity contribution in [1.82, 2.24) is 0 Å². The zero-order chi connectivity index (χ0) is 56.0. The number of fused-ring (bicyclic) bond motifs is 11. The summed E-state index contributed by atoms with van der Waals surface area (Å²) < 4.78 is 0. The van der Waals surface area contributed by atoms with E-state index in [1.54, 1.807) is 0 Å². The molecule has 14 rings (SSSR count). The van der Waals surface area contributed by atoms with Gasteiger partial charge in [-0.3, -0.25) is 0 Å². The van der Waals surface area contributed by atoms with Crippen molar-refractivity contribution in [3.63, 3.8) is 0 Å². The average molecular weight is 1050 g/mol. The van der Waals surface area contributed by atoms with Crippen LogP contribution in [0.1, 0.15) is 180 Å². The molecule has 2 unspecified atom stereocenters. The highest BCUT2D eigenvalue weighted by molar-refractivity contribution is 7.00. The molecule has 3 aliphatic carbocycles. The predicted molar refractivity (Wildman–Crippen MR) is 344 cm³/mol. The first-order chi connectivity index (χ1) is 37.8. The topological polar surface area (TPSA) is 9.72 Å². The fourth-order valence-electron chi connectivity index (χ4n) is 16.4. The molecule has 0 amide bonds. The van der Waals surface area contributed by atoms with Crippen molar-refractivity contribution in [3.05, 3.63) is 196 Å². The quantitative estimate of drug-likeness (QED) is 0.163. The van der Waals surface area contributed by atoms with Gasteiger partial charge < -0.3 is 14.7 Å². The first-order valence-corrected chi connectivity index (χ1v) is 30.3. The van der Waals surface area contributed by atoms with Crippen molar-refractivity contribution in [3.8, 4) is 22.3 Å². The summed E-state index contributed by atoms with van der Waals surface area (Å²) in [5, 5.41) is 0. The normalized spacial score (nSPS) is 21.4. The zero-order valence-electron chi connectivity index (χ0n) is 50.6. The number of nitrogens with zero attached hydrogens (tertiary/aromatic N) is 3. The molecule has 6 aliphatic rings. The second-order valence-electron chi connectivity index (χ2n) is 29.7. The lowest BCUT2D eigenvalue weighted by Gasteiger charge is -2.51. The van der Waals surface area contributed by atoms with E-state index >= 15 is 0 Å². The van der Waals surface area contributed by atoms with Crippen LogP contribution in [0.2, 0.25) is 0 Å². The summed E-state index contributed by atoms with van der Waals surface area (Å²) in [6.07, 6.45) is 7.16. The van der Waals surface area contributed by atoms with Crippen molar-refractivity contribution in [1.29, 1.82) is 0 Å². The van der Waals surface area contributed by atoms with Gasteiger partial charge in [0.05, 0.1) is 11.2 Å². The van der Waals surface area contributed by atoms with Crippen LogP contribution in [-0.2, 0) is 32.5 Å². The van der Waals surface area contributed by atoms with Gasteiger partial charge in [-0.1, -0.05) is 194 Å². The Kier molecular flexibility index (Phi) is 10.9. The van der Waals surface area contributed by atoms with Crippen molar-refractivity contribution < 1.29 is 0 Å². The van der Waals surface area contributed by atoms with Gasteiger partial charge >= 0.3 is 0 Å². The van der Waals surface area contributed by atoms with E-state index in [-0.39, 0.29) is 44.7 Å². The summed E-state index contributed by atoms with van der Waals surface area (Å²) in [5.74, 6) is 0. The van der Waals surface area contributed by atoms with Gasteiger partial charge in [-0.25, -0.2) is 0 Å². The van der Waals surface area contributed by atoms with E-state index in [1.165, 1.54) is 148 Å². The Morgan fingerprint density at radius 3 is 1.73 bits per heavy atom. The number of aryl methyl sites for hydroxylation is 1. The maximum absolute atomic E-state index is 2.81. The molecular formula is C76H82BN3. The van der Waals surface area contributed by atoms with Crippen molar-refractivity contribution in [2.75, 3.05) is 14.7 Å². The van der Waals surface area contributed by atoms with Crippen LogP contribution >= 0.6 is 0 Å². The predicted octanol–water partition coefficient (Wildman–Crippen LogP) is 18.7. The summed E-state index contributed by atoms with van der Waals surface area (Å²) >= 11 is 0. The van der Waals surface area contributed by atoms with E-state index < -0.39 is 0 Å². The largest absolute Gasteiger partial charge is 0.334 e. The number of hydrogen-bond donors (Lipinski definition) is 0. The average Bonchev–Trinajstić information content (AvgIpc) is 3.98. The Labute approximate surface area is 479 Å². The molecule has 1 fully saturated rings. The van der Waals surface area contributed by atoms with Crippen molar-refractivity contribution in [2.24, 2.45) is 0 Å². The monoisotopic (exact) mass is 1050 g/mol. The maximum Gasteiger partial charge on any atom is 0.252 e. The van der Waals surface area contributed by atoms with E-state index in [0.29, 0.717) is 0 Å². The maximum atomic E-state index is 2.81. The second-order valence-corrected chi connectivity index (χ2v) is 29.7. The van der Waals surface area contributed by atoms with E-state index in [1.807, 2.05) is 0 Å². The third-order valence-electron chi connectivity index (χ3n) is 21.4. The molecule has 0 aromatic heterocycles. The van der Waals surface area contributed by atoms with E-state index in [9.17, 15) is 0 Å². The Balaban J connectivity index is 1.08. The van der Waals surface area contributed by atoms with Crippen LogP contribution in [0.3, 0.4) is 0 Å². The second kappa shape index (κ2) is 16.9. The molecule has 3 heterocycles. The van der Waals surface area contributed by atoms with E-state index in [4.69, 9.17) is 0 Å². The summed E-state index contributed by atoms with van der Waals surface area (Å²) in [4.78, 5) is 8.23. The highest BCUT2D eigenvalue weighted by atomic mass is 15.3. The minimum atomic E-state index is -0.103. The summed E-state index contributed by atoms with van der Waals surface area (Å²) in [6.45, 7) is 36.5. The molecule has 0 saturated heterocycles. The third kappa shape index (κ3) is 7.18. The molecular weight excluding hydrogens is 966 g/mol. The molecule has 2 atom stereocenters. The highest BCUT2D eigenvalue weighted by Gasteiger charge is 2.58. The van der Waals surface area contributed by atoms with Crippen molar-refractivity contribution >= 4 is 68.6 Å². The number of hydrogen-bond acceptors (Lipinski definition) is 3. The fraction of sp³-hybridized carbons (Fsp3) is 0.368. The Bertz CT molecular complexity index is 3920. The van der Waals surface area contributed by atoms with Gasteiger partial charge in [0.2, 0.25) is 0 Å². The Hall–Kier alpha value is -6.78. The molecule has 1 saturated carbocycles. The lowest BCUT2D eigenvalue weighted by Crippen LogP contribution is -2.62. The van der Waals surface area contributed by atoms with Crippen LogP contribution in [0.5, 0.6) is 0 Å². The molecule has 0 spiro atoms. The molecule has 3 nitrogen and oxygen atoms in total. The minimum Gasteiger partial charge on any atom is -0.334 e. The molecule has 0 radical (unpaired) electrons. The lowest BCUT2D eigenvalue weighted by molar-refractivity contribution is 0.195. The fourth-order valence-corrected chi connectivity index (χ4v) is 16.4. The number of anilines is 8. The van der Waals surface area contributed by atoms with Gasteiger partial charge in [-0.15, -0.1) is 0 Å². The van der Waals surface area contributed by atoms with Crippen LogP contribution in [-0.4, -0.2) is 12.3 Å². The minimum absolute atomic E-state index is 0.00531.